The first-order valence-electron chi connectivity index (χ1n) is 9.51. The predicted molar refractivity (Wildman–Crippen MR) is 113 cm³/mol. The summed E-state index contributed by atoms with van der Waals surface area (Å²) in [5.74, 6) is 0.0718. The number of hydrogen-bond donors (Lipinski definition) is 1. The van der Waals surface area contributed by atoms with E-state index < -0.39 is 0 Å². The minimum atomic E-state index is -0.0219. The third kappa shape index (κ3) is 4.24. The summed E-state index contributed by atoms with van der Waals surface area (Å²) in [6, 6.07) is 15.8. The van der Waals surface area contributed by atoms with Gasteiger partial charge in [-0.1, -0.05) is 30.3 Å². The van der Waals surface area contributed by atoms with Crippen LogP contribution >= 0.6 is 11.3 Å². The van der Waals surface area contributed by atoms with Gasteiger partial charge in [-0.15, -0.1) is 0 Å². The van der Waals surface area contributed by atoms with Crippen LogP contribution in [0.15, 0.2) is 59.3 Å². The maximum absolute atomic E-state index is 12.8. The first-order chi connectivity index (χ1) is 13.7. The number of carbonyl (C=O) groups excluding carboxylic acids is 2. The van der Waals surface area contributed by atoms with Crippen molar-refractivity contribution in [2.75, 3.05) is 39.3 Å². The Labute approximate surface area is 168 Å². The van der Waals surface area contributed by atoms with Gasteiger partial charge in [-0.2, -0.15) is 11.3 Å². The van der Waals surface area contributed by atoms with Crippen molar-refractivity contribution in [3.8, 4) is 0 Å². The maximum atomic E-state index is 12.8. The van der Waals surface area contributed by atoms with Crippen LogP contribution in [0.3, 0.4) is 0 Å². The van der Waals surface area contributed by atoms with Crippen LogP contribution in [-0.4, -0.2) is 60.9 Å². The third-order valence-electron chi connectivity index (χ3n) is 5.15. The number of amides is 2. The monoisotopic (exact) mass is 393 g/mol. The lowest BCUT2D eigenvalue weighted by atomic mass is 10.1. The molecule has 0 spiro atoms. The molecule has 144 valence electrons. The average Bonchev–Trinajstić information content (AvgIpc) is 3.28. The molecule has 3 aromatic rings. The topological polar surface area (TPSA) is 52.7 Å². The Kier molecular flexibility index (Phi) is 5.69. The minimum Gasteiger partial charge on any atom is -0.351 e. The summed E-state index contributed by atoms with van der Waals surface area (Å²) in [6.07, 6.45) is 0. The Hall–Kier alpha value is -2.70. The average molecular weight is 394 g/mol. The number of hydrogen-bond acceptors (Lipinski definition) is 4. The molecule has 0 unspecified atom stereocenters. The second-order valence-corrected chi connectivity index (χ2v) is 7.74. The van der Waals surface area contributed by atoms with E-state index in [2.05, 4.69) is 16.3 Å². The summed E-state index contributed by atoms with van der Waals surface area (Å²) < 4.78 is 0. The van der Waals surface area contributed by atoms with Crippen molar-refractivity contribution in [1.82, 2.24) is 15.1 Å². The van der Waals surface area contributed by atoms with Crippen LogP contribution in [-0.2, 0) is 0 Å². The van der Waals surface area contributed by atoms with Crippen LogP contribution in [0.1, 0.15) is 20.7 Å². The molecule has 0 saturated carbocycles. The van der Waals surface area contributed by atoms with Crippen molar-refractivity contribution >= 4 is 33.9 Å². The largest absolute Gasteiger partial charge is 0.351 e. The Balaban J connectivity index is 1.26. The van der Waals surface area contributed by atoms with Crippen molar-refractivity contribution < 1.29 is 9.59 Å². The van der Waals surface area contributed by atoms with Gasteiger partial charge in [0.15, 0.2) is 0 Å². The molecule has 1 aliphatic rings. The standard InChI is InChI=1S/C22H23N3O2S/c26-21(20-7-14-28-16-20)23-8-9-24-10-12-25(13-11-24)22(27)19-6-5-17-3-1-2-4-18(17)15-19/h1-7,14-16H,8-13H2,(H,23,26). The number of nitrogens with one attached hydrogen (secondary N) is 1. The molecule has 1 saturated heterocycles. The molecule has 0 radical (unpaired) electrons. The number of fused-ring (bicyclic) bond motifs is 1. The zero-order chi connectivity index (χ0) is 19.3. The number of thiophene rings is 1. The summed E-state index contributed by atoms with van der Waals surface area (Å²) in [4.78, 5) is 29.0. The van der Waals surface area contributed by atoms with Crippen LogP contribution in [0.4, 0.5) is 0 Å². The molecule has 5 nitrogen and oxygen atoms in total. The van der Waals surface area contributed by atoms with E-state index in [0.717, 1.165) is 41.5 Å². The molecule has 2 amide bonds. The van der Waals surface area contributed by atoms with Gasteiger partial charge in [0.05, 0.1) is 0 Å². The highest BCUT2D eigenvalue weighted by Gasteiger charge is 2.22. The van der Waals surface area contributed by atoms with Gasteiger partial charge >= 0.3 is 0 Å². The van der Waals surface area contributed by atoms with Crippen molar-refractivity contribution in [1.29, 1.82) is 0 Å². The van der Waals surface area contributed by atoms with Crippen molar-refractivity contribution in [3.05, 3.63) is 70.4 Å². The fourth-order valence-corrected chi connectivity index (χ4v) is 4.14. The van der Waals surface area contributed by atoms with Crippen LogP contribution in [0.5, 0.6) is 0 Å². The van der Waals surface area contributed by atoms with E-state index in [9.17, 15) is 9.59 Å². The van der Waals surface area contributed by atoms with Gasteiger partial charge in [0.25, 0.3) is 11.8 Å². The molecule has 0 bridgehead atoms. The quantitative estimate of drug-likeness (QED) is 0.725. The molecule has 28 heavy (non-hydrogen) atoms. The lowest BCUT2D eigenvalue weighted by molar-refractivity contribution is 0.0638. The molecule has 2 heterocycles. The molecular formula is C22H23N3O2S. The van der Waals surface area contributed by atoms with Gasteiger partial charge in [-0.25, -0.2) is 0 Å². The summed E-state index contributed by atoms with van der Waals surface area (Å²) in [5, 5.41) is 8.95. The first-order valence-corrected chi connectivity index (χ1v) is 10.5. The van der Waals surface area contributed by atoms with Crippen LogP contribution < -0.4 is 5.32 Å². The SMILES string of the molecule is O=C(NCCN1CCN(C(=O)c2ccc3ccccc3c2)CC1)c1ccsc1. The maximum Gasteiger partial charge on any atom is 0.253 e. The summed E-state index contributed by atoms with van der Waals surface area (Å²) in [7, 11) is 0. The van der Waals surface area contributed by atoms with Crippen molar-refractivity contribution in [2.45, 2.75) is 0 Å². The summed E-state index contributed by atoms with van der Waals surface area (Å²) in [6.45, 7) is 4.50. The molecule has 1 aromatic heterocycles. The van der Waals surface area contributed by atoms with Crippen LogP contribution in [0, 0.1) is 0 Å². The number of carbonyl (C=O) groups is 2. The van der Waals surface area contributed by atoms with Crippen LogP contribution in [0.2, 0.25) is 0 Å². The van der Waals surface area contributed by atoms with E-state index in [1.807, 2.05) is 58.1 Å². The van der Waals surface area contributed by atoms with Gasteiger partial charge in [-0.3, -0.25) is 14.5 Å². The van der Waals surface area contributed by atoms with Crippen molar-refractivity contribution in [3.63, 3.8) is 0 Å². The number of benzene rings is 2. The van der Waals surface area contributed by atoms with Gasteiger partial charge in [-0.05, 0) is 34.4 Å². The van der Waals surface area contributed by atoms with Crippen molar-refractivity contribution in [2.24, 2.45) is 0 Å². The molecule has 1 aliphatic heterocycles. The Bertz CT molecular complexity index is 963. The number of piperazine rings is 1. The van der Waals surface area contributed by atoms with E-state index in [-0.39, 0.29) is 11.8 Å². The fraction of sp³-hybridized carbons (Fsp3) is 0.273. The van der Waals surface area contributed by atoms with Gasteiger partial charge in [0.2, 0.25) is 0 Å². The molecule has 6 heteroatoms. The zero-order valence-electron chi connectivity index (χ0n) is 15.6. The molecule has 1 N–H and O–H groups in total. The zero-order valence-corrected chi connectivity index (χ0v) is 16.5. The number of rotatable bonds is 5. The Morgan fingerprint density at radius 2 is 1.71 bits per heavy atom. The van der Waals surface area contributed by atoms with E-state index >= 15 is 0 Å². The third-order valence-corrected chi connectivity index (χ3v) is 5.84. The Morgan fingerprint density at radius 3 is 2.46 bits per heavy atom. The molecular weight excluding hydrogens is 370 g/mol. The first kappa shape index (κ1) is 18.7. The lowest BCUT2D eigenvalue weighted by Crippen LogP contribution is -2.50. The summed E-state index contributed by atoms with van der Waals surface area (Å²) >= 11 is 1.52. The van der Waals surface area contributed by atoms with E-state index in [0.29, 0.717) is 19.6 Å². The predicted octanol–water partition coefficient (Wildman–Crippen LogP) is 3.09. The van der Waals surface area contributed by atoms with Gasteiger partial charge in [0.1, 0.15) is 0 Å². The smallest absolute Gasteiger partial charge is 0.253 e. The van der Waals surface area contributed by atoms with Gasteiger partial charge in [0, 0.05) is 55.8 Å². The lowest BCUT2D eigenvalue weighted by Gasteiger charge is -2.34. The fourth-order valence-electron chi connectivity index (χ4n) is 3.50. The summed E-state index contributed by atoms with van der Waals surface area (Å²) in [5.41, 5.74) is 1.46. The van der Waals surface area contributed by atoms with Crippen LogP contribution in [0.25, 0.3) is 10.8 Å². The molecule has 0 aliphatic carbocycles. The van der Waals surface area contributed by atoms with Gasteiger partial charge < -0.3 is 10.2 Å². The highest BCUT2D eigenvalue weighted by molar-refractivity contribution is 7.08. The van der Waals surface area contributed by atoms with E-state index in [1.165, 1.54) is 11.3 Å². The normalized spacial score (nSPS) is 14.9. The highest BCUT2D eigenvalue weighted by Crippen LogP contribution is 2.17. The van der Waals surface area contributed by atoms with E-state index in [1.54, 1.807) is 0 Å². The second-order valence-electron chi connectivity index (χ2n) is 6.96. The highest BCUT2D eigenvalue weighted by atomic mass is 32.1. The molecule has 0 atom stereocenters. The minimum absolute atomic E-state index is 0.0219. The number of nitrogens with zero attached hydrogens (tertiary/aromatic N) is 2. The second kappa shape index (κ2) is 8.54. The Morgan fingerprint density at radius 1 is 0.929 bits per heavy atom. The molecule has 4 rings (SSSR count). The molecule has 2 aromatic carbocycles. The van der Waals surface area contributed by atoms with E-state index in [4.69, 9.17) is 0 Å². The molecule has 1 fully saturated rings.